The van der Waals surface area contributed by atoms with Crippen molar-refractivity contribution in [3.8, 4) is 17.2 Å². The van der Waals surface area contributed by atoms with Crippen LogP contribution in [0, 0.1) is 0 Å². The minimum Gasteiger partial charge on any atom is -0.497 e. The fourth-order valence-electron chi connectivity index (χ4n) is 3.18. The molecule has 7 heteroatoms. The van der Waals surface area contributed by atoms with Gasteiger partial charge in [-0.05, 0) is 35.4 Å². The fourth-order valence-corrected chi connectivity index (χ4v) is 4.41. The molecule has 1 atom stereocenters. The number of nitrogens with one attached hydrogen (secondary N) is 1. The molecule has 0 radical (unpaired) electrons. The number of fused-ring (bicyclic) bond motifs is 1. The second-order valence-corrected chi connectivity index (χ2v) is 8.26. The van der Waals surface area contributed by atoms with Crippen LogP contribution in [0.25, 0.3) is 0 Å². The Bertz CT molecular complexity index is 1080. The molecule has 150 valence electrons. The molecular weight excluding hydrogens is 390 g/mol. The molecule has 6 nitrogen and oxygen atoms in total. The highest BCUT2D eigenvalue weighted by Gasteiger charge is 2.25. The van der Waals surface area contributed by atoms with Crippen molar-refractivity contribution in [1.29, 1.82) is 0 Å². The monoisotopic (exact) mass is 411 g/mol. The molecule has 29 heavy (non-hydrogen) atoms. The molecule has 0 saturated heterocycles. The Morgan fingerprint density at radius 3 is 2.21 bits per heavy atom. The zero-order valence-electron chi connectivity index (χ0n) is 15.9. The highest BCUT2D eigenvalue weighted by atomic mass is 32.2. The van der Waals surface area contributed by atoms with Crippen LogP contribution < -0.4 is 18.9 Å². The maximum atomic E-state index is 13.2. The third kappa shape index (κ3) is 4.21. The Balaban J connectivity index is 1.69. The topological polar surface area (TPSA) is 73.9 Å². The number of sulfonamides is 1. The van der Waals surface area contributed by atoms with Crippen LogP contribution >= 0.6 is 0 Å². The third-order valence-corrected chi connectivity index (χ3v) is 6.10. The first-order valence-corrected chi connectivity index (χ1v) is 10.7. The minimum atomic E-state index is -3.82. The first-order chi connectivity index (χ1) is 14.1. The van der Waals surface area contributed by atoms with Crippen molar-refractivity contribution in [3.63, 3.8) is 0 Å². The van der Waals surface area contributed by atoms with E-state index >= 15 is 0 Å². The molecule has 0 aromatic heterocycles. The molecule has 0 spiro atoms. The predicted molar refractivity (Wildman–Crippen MR) is 109 cm³/mol. The van der Waals surface area contributed by atoms with Gasteiger partial charge in [-0.1, -0.05) is 42.5 Å². The normalized spacial score (nSPS) is 14.2. The maximum Gasteiger partial charge on any atom is 0.241 e. The van der Waals surface area contributed by atoms with E-state index in [2.05, 4.69) is 4.72 Å². The van der Waals surface area contributed by atoms with Crippen molar-refractivity contribution in [2.45, 2.75) is 10.9 Å². The molecule has 1 heterocycles. The molecule has 1 aliphatic rings. The van der Waals surface area contributed by atoms with Crippen LogP contribution in [0.4, 0.5) is 0 Å². The second-order valence-electron chi connectivity index (χ2n) is 6.54. The van der Waals surface area contributed by atoms with Gasteiger partial charge >= 0.3 is 0 Å². The van der Waals surface area contributed by atoms with Crippen molar-refractivity contribution in [2.75, 3.05) is 20.3 Å². The summed E-state index contributed by atoms with van der Waals surface area (Å²) >= 11 is 0. The van der Waals surface area contributed by atoms with Gasteiger partial charge in [0, 0.05) is 6.07 Å². The van der Waals surface area contributed by atoms with Crippen molar-refractivity contribution < 1.29 is 22.6 Å². The van der Waals surface area contributed by atoms with Crippen LogP contribution in [0.15, 0.2) is 77.7 Å². The number of hydrogen-bond donors (Lipinski definition) is 1. The second kappa shape index (κ2) is 8.14. The fraction of sp³-hybridized carbons (Fsp3) is 0.182. The average molecular weight is 411 g/mol. The quantitative estimate of drug-likeness (QED) is 0.672. The lowest BCUT2D eigenvalue weighted by Crippen LogP contribution is -2.29. The molecule has 0 aliphatic carbocycles. The highest BCUT2D eigenvalue weighted by Crippen LogP contribution is 2.33. The zero-order chi connectivity index (χ0) is 20.3. The number of hydrogen-bond acceptors (Lipinski definition) is 5. The summed E-state index contributed by atoms with van der Waals surface area (Å²) in [5.41, 5.74) is 1.64. The first kappa shape index (κ1) is 19.3. The predicted octanol–water partition coefficient (Wildman–Crippen LogP) is 3.53. The standard InChI is InChI=1S/C22H21NO5S/c1-26-18-9-7-17(8-10-18)22(16-5-3-2-4-6-16)23-29(24,25)19-11-12-20-21(15-19)28-14-13-27-20/h2-12,15,22-23H,13-14H2,1H3. The average Bonchev–Trinajstić information content (AvgIpc) is 2.78. The molecule has 3 aromatic carbocycles. The molecule has 0 fully saturated rings. The molecule has 0 bridgehead atoms. The van der Waals surface area contributed by atoms with Crippen LogP contribution in [0.1, 0.15) is 17.2 Å². The lowest BCUT2D eigenvalue weighted by molar-refractivity contribution is 0.171. The first-order valence-electron chi connectivity index (χ1n) is 9.18. The Hall–Kier alpha value is -3.03. The Kier molecular flexibility index (Phi) is 5.42. The molecule has 1 aliphatic heterocycles. The number of rotatable bonds is 6. The van der Waals surface area contributed by atoms with E-state index in [1.807, 2.05) is 54.6 Å². The molecule has 1 unspecified atom stereocenters. The van der Waals surface area contributed by atoms with Gasteiger partial charge < -0.3 is 14.2 Å². The molecule has 0 saturated carbocycles. The van der Waals surface area contributed by atoms with Gasteiger partial charge in [-0.2, -0.15) is 4.72 Å². The van der Waals surface area contributed by atoms with Crippen molar-refractivity contribution >= 4 is 10.0 Å². The Morgan fingerprint density at radius 2 is 1.52 bits per heavy atom. The molecule has 1 N–H and O–H groups in total. The van der Waals surface area contributed by atoms with Gasteiger partial charge in [-0.25, -0.2) is 8.42 Å². The smallest absolute Gasteiger partial charge is 0.241 e. The lowest BCUT2D eigenvalue weighted by Gasteiger charge is -2.22. The summed E-state index contributed by atoms with van der Waals surface area (Å²) in [6.45, 7) is 0.841. The minimum absolute atomic E-state index is 0.121. The van der Waals surface area contributed by atoms with E-state index in [4.69, 9.17) is 14.2 Å². The molecule has 3 aromatic rings. The Morgan fingerprint density at radius 1 is 0.862 bits per heavy atom. The van der Waals surface area contributed by atoms with Crippen LogP contribution in [0.3, 0.4) is 0 Å². The van der Waals surface area contributed by atoms with Crippen LogP contribution in [0.2, 0.25) is 0 Å². The Labute approximate surface area is 170 Å². The van der Waals surface area contributed by atoms with Gasteiger partial charge in [0.05, 0.1) is 18.0 Å². The van der Waals surface area contributed by atoms with E-state index in [1.165, 1.54) is 12.1 Å². The highest BCUT2D eigenvalue weighted by molar-refractivity contribution is 7.89. The largest absolute Gasteiger partial charge is 0.497 e. The van der Waals surface area contributed by atoms with Crippen molar-refractivity contribution in [3.05, 3.63) is 83.9 Å². The van der Waals surface area contributed by atoms with E-state index < -0.39 is 16.1 Å². The zero-order valence-corrected chi connectivity index (χ0v) is 16.7. The van der Waals surface area contributed by atoms with Crippen LogP contribution in [-0.4, -0.2) is 28.7 Å². The SMILES string of the molecule is COc1ccc(C(NS(=O)(=O)c2ccc3c(c2)OCCO3)c2ccccc2)cc1. The van der Waals surface area contributed by atoms with Crippen LogP contribution in [0.5, 0.6) is 17.2 Å². The van der Waals surface area contributed by atoms with Gasteiger partial charge in [0.25, 0.3) is 0 Å². The third-order valence-electron chi connectivity index (χ3n) is 4.68. The summed E-state index contributed by atoms with van der Waals surface area (Å²) in [6, 6.07) is 20.8. The number of benzene rings is 3. The maximum absolute atomic E-state index is 13.2. The van der Waals surface area contributed by atoms with Gasteiger partial charge in [-0.15, -0.1) is 0 Å². The van der Waals surface area contributed by atoms with Crippen LogP contribution in [-0.2, 0) is 10.0 Å². The van der Waals surface area contributed by atoms with E-state index in [0.29, 0.717) is 30.5 Å². The molecule has 0 amide bonds. The lowest BCUT2D eigenvalue weighted by atomic mass is 10.00. The molecule has 4 rings (SSSR count). The summed E-state index contributed by atoms with van der Waals surface area (Å²) in [4.78, 5) is 0.121. The van der Waals surface area contributed by atoms with E-state index in [9.17, 15) is 8.42 Å². The van der Waals surface area contributed by atoms with Crippen molar-refractivity contribution in [2.24, 2.45) is 0 Å². The molecular formula is C22H21NO5S. The van der Waals surface area contributed by atoms with Gasteiger partial charge in [-0.3, -0.25) is 0 Å². The van der Waals surface area contributed by atoms with Gasteiger partial charge in [0.2, 0.25) is 10.0 Å². The van der Waals surface area contributed by atoms with E-state index in [1.54, 1.807) is 13.2 Å². The number of ether oxygens (including phenoxy) is 3. The van der Waals surface area contributed by atoms with E-state index in [-0.39, 0.29) is 4.90 Å². The summed E-state index contributed by atoms with van der Waals surface area (Å²) in [5.74, 6) is 1.68. The van der Waals surface area contributed by atoms with E-state index in [0.717, 1.165) is 11.1 Å². The summed E-state index contributed by atoms with van der Waals surface area (Å²) in [6.07, 6.45) is 0. The van der Waals surface area contributed by atoms with Gasteiger partial charge in [0.1, 0.15) is 19.0 Å². The van der Waals surface area contributed by atoms with Gasteiger partial charge in [0.15, 0.2) is 11.5 Å². The van der Waals surface area contributed by atoms with Crippen molar-refractivity contribution in [1.82, 2.24) is 4.72 Å². The summed E-state index contributed by atoms with van der Waals surface area (Å²) in [5, 5.41) is 0. The summed E-state index contributed by atoms with van der Waals surface area (Å²) in [7, 11) is -2.23. The summed E-state index contributed by atoms with van der Waals surface area (Å²) < 4.78 is 45.4. The number of methoxy groups -OCH3 is 1.